The van der Waals surface area contributed by atoms with E-state index in [1.54, 1.807) is 6.33 Å². The van der Waals surface area contributed by atoms with Crippen LogP contribution in [0.15, 0.2) is 24.7 Å². The minimum Gasteiger partial charge on any atom is -0.475 e. The smallest absolute Gasteiger partial charge is 0.475 e. The molecule has 3 heterocycles. The molecule has 2 aromatic heterocycles. The minimum absolute atomic E-state index is 0.163. The third-order valence-corrected chi connectivity index (χ3v) is 6.51. The Hall–Kier alpha value is -3.21. The zero-order valence-corrected chi connectivity index (χ0v) is 22.3. The van der Waals surface area contributed by atoms with E-state index in [0.717, 1.165) is 54.6 Å². The highest BCUT2D eigenvalue weighted by Gasteiger charge is 2.38. The van der Waals surface area contributed by atoms with Gasteiger partial charge in [-0.15, -0.1) is 0 Å². The van der Waals surface area contributed by atoms with Crippen molar-refractivity contribution in [3.8, 4) is 0 Å². The van der Waals surface area contributed by atoms with Crippen molar-refractivity contribution in [2.24, 2.45) is 7.05 Å². The van der Waals surface area contributed by atoms with Gasteiger partial charge in [-0.2, -0.15) is 18.3 Å². The first kappa shape index (κ1) is 28.4. The van der Waals surface area contributed by atoms with E-state index in [1.165, 1.54) is 22.5 Å². The highest BCUT2D eigenvalue weighted by atomic mass is 35.5. The van der Waals surface area contributed by atoms with Gasteiger partial charge < -0.3 is 19.9 Å². The summed E-state index contributed by atoms with van der Waals surface area (Å²) in [6.45, 7) is 10.5. The molecular formula is C25H32ClF3N6O2. The number of carboxylic acid groups (broad SMARTS) is 1. The van der Waals surface area contributed by atoms with Crippen LogP contribution in [-0.4, -0.2) is 50.1 Å². The number of H-pyrrole nitrogens is 1. The number of aryl methyl sites for hydroxylation is 3. The Bertz CT molecular complexity index is 1200. The number of fused-ring (bicyclic) bond motifs is 1. The number of anilines is 3. The van der Waals surface area contributed by atoms with Crippen molar-refractivity contribution in [2.75, 3.05) is 22.9 Å². The number of alkyl halides is 3. The van der Waals surface area contributed by atoms with Crippen LogP contribution in [-0.2, 0) is 18.3 Å². The van der Waals surface area contributed by atoms with E-state index in [2.05, 4.69) is 60.6 Å². The van der Waals surface area contributed by atoms with Crippen molar-refractivity contribution < 1.29 is 23.1 Å². The topological polar surface area (TPSA) is 90.3 Å². The number of halogens is 4. The zero-order chi connectivity index (χ0) is 27.5. The molecule has 1 aliphatic rings. The molecule has 12 heteroatoms. The van der Waals surface area contributed by atoms with E-state index in [4.69, 9.17) is 26.6 Å². The minimum atomic E-state index is -5.08. The average Bonchev–Trinajstić information content (AvgIpc) is 3.44. The van der Waals surface area contributed by atoms with Crippen molar-refractivity contribution in [3.05, 3.63) is 52.1 Å². The van der Waals surface area contributed by atoms with E-state index in [1.807, 2.05) is 16.9 Å². The van der Waals surface area contributed by atoms with Gasteiger partial charge in [0, 0.05) is 31.9 Å². The second-order valence-electron chi connectivity index (χ2n) is 9.08. The molecule has 1 aliphatic heterocycles. The van der Waals surface area contributed by atoms with Gasteiger partial charge in [-0.05, 0) is 57.2 Å². The van der Waals surface area contributed by atoms with Crippen molar-refractivity contribution in [2.45, 2.75) is 59.2 Å². The molecule has 2 N–H and O–H groups in total. The Kier molecular flexibility index (Phi) is 8.78. The number of aromatic nitrogens is 4. The van der Waals surface area contributed by atoms with Gasteiger partial charge in [0.25, 0.3) is 0 Å². The molecule has 1 aromatic carbocycles. The molecule has 4 rings (SSSR count). The van der Waals surface area contributed by atoms with Gasteiger partial charge in [-0.1, -0.05) is 24.6 Å². The summed E-state index contributed by atoms with van der Waals surface area (Å²) < 4.78 is 33.8. The number of hydrogen-bond donors (Lipinski definition) is 2. The van der Waals surface area contributed by atoms with E-state index >= 15 is 0 Å². The lowest BCUT2D eigenvalue weighted by atomic mass is 10.0. The van der Waals surface area contributed by atoms with Gasteiger partial charge in [0.2, 0.25) is 0 Å². The fourth-order valence-electron chi connectivity index (χ4n) is 4.72. The second-order valence-corrected chi connectivity index (χ2v) is 9.49. The third-order valence-electron chi connectivity index (χ3n) is 6.22. The van der Waals surface area contributed by atoms with Crippen molar-refractivity contribution in [1.29, 1.82) is 0 Å². The molecule has 0 saturated carbocycles. The highest BCUT2D eigenvalue weighted by Crippen LogP contribution is 2.43. The Morgan fingerprint density at radius 2 is 2.00 bits per heavy atom. The fourth-order valence-corrected chi connectivity index (χ4v) is 5.14. The summed E-state index contributed by atoms with van der Waals surface area (Å²) in [4.78, 5) is 21.2. The Morgan fingerprint density at radius 1 is 1.32 bits per heavy atom. The lowest BCUT2D eigenvalue weighted by molar-refractivity contribution is -0.192. The summed E-state index contributed by atoms with van der Waals surface area (Å²) in [6.07, 6.45) is 1.80. The summed E-state index contributed by atoms with van der Waals surface area (Å²) in [5.41, 5.74) is 5.80. The van der Waals surface area contributed by atoms with E-state index in [9.17, 15) is 13.2 Å². The van der Waals surface area contributed by atoms with E-state index < -0.39 is 12.1 Å². The van der Waals surface area contributed by atoms with Crippen LogP contribution >= 0.6 is 11.6 Å². The highest BCUT2D eigenvalue weighted by molar-refractivity contribution is 6.33. The molecule has 8 nitrogen and oxygen atoms in total. The molecule has 1 unspecified atom stereocenters. The van der Waals surface area contributed by atoms with Crippen LogP contribution in [0, 0.1) is 13.8 Å². The Morgan fingerprint density at radius 3 is 2.54 bits per heavy atom. The monoisotopic (exact) mass is 540 g/mol. The number of aromatic amines is 1. The fraction of sp³-hybridized carbons (Fsp3) is 0.480. The maximum atomic E-state index is 10.6. The molecule has 202 valence electrons. The van der Waals surface area contributed by atoms with Gasteiger partial charge in [0.15, 0.2) is 5.82 Å². The number of imidazole rings is 1. The SMILES string of the molecule is CCCN(c1c2c(nn1C)N(c1c(C)cc(C)cc1Cl)CCC2)C(C)c1c[nH]cn1.O=C(O)C(F)(F)F. The van der Waals surface area contributed by atoms with E-state index in [0.29, 0.717) is 0 Å². The maximum Gasteiger partial charge on any atom is 0.490 e. The standard InChI is InChI=1S/C23H31ClN6.C2HF3O2/c1-6-9-29(17(4)20-13-25-14-26-20)23-18-8-7-10-30(22(18)27-28(23)5)21-16(3)11-15(2)12-19(21)24;3-2(4,5)1(6)7/h11-14,17H,6-10H2,1-5H3,(H,25,26);(H,6,7). The zero-order valence-electron chi connectivity index (χ0n) is 21.5. The molecule has 0 saturated heterocycles. The molecule has 0 fully saturated rings. The molecule has 0 radical (unpaired) electrons. The maximum absolute atomic E-state index is 10.6. The van der Waals surface area contributed by atoms with Gasteiger partial charge in [0.1, 0.15) is 5.82 Å². The van der Waals surface area contributed by atoms with Gasteiger partial charge >= 0.3 is 12.1 Å². The first-order valence-electron chi connectivity index (χ1n) is 12.0. The molecule has 0 aliphatic carbocycles. The largest absolute Gasteiger partial charge is 0.490 e. The summed E-state index contributed by atoms with van der Waals surface area (Å²) in [5.74, 6) is -0.539. The van der Waals surface area contributed by atoms with Crippen molar-refractivity contribution in [3.63, 3.8) is 0 Å². The Balaban J connectivity index is 0.000000479. The van der Waals surface area contributed by atoms with Crippen LogP contribution < -0.4 is 9.80 Å². The summed E-state index contributed by atoms with van der Waals surface area (Å²) >= 11 is 6.71. The summed E-state index contributed by atoms with van der Waals surface area (Å²) in [7, 11) is 2.05. The molecule has 0 bridgehead atoms. The molecule has 37 heavy (non-hydrogen) atoms. The van der Waals surface area contributed by atoms with Gasteiger partial charge in [-0.25, -0.2) is 9.78 Å². The number of nitrogens with one attached hydrogen (secondary N) is 1. The van der Waals surface area contributed by atoms with Crippen LogP contribution in [0.25, 0.3) is 0 Å². The normalized spacial score (nSPS) is 14.0. The van der Waals surface area contributed by atoms with Crippen LogP contribution in [0.3, 0.4) is 0 Å². The van der Waals surface area contributed by atoms with Crippen LogP contribution in [0.5, 0.6) is 0 Å². The lowest BCUT2D eigenvalue weighted by Gasteiger charge is -2.33. The lowest BCUT2D eigenvalue weighted by Crippen LogP contribution is -2.31. The quantitative estimate of drug-likeness (QED) is 0.392. The number of rotatable bonds is 6. The predicted octanol–water partition coefficient (Wildman–Crippen LogP) is 6.11. The number of carbonyl (C=O) groups is 1. The summed E-state index contributed by atoms with van der Waals surface area (Å²) in [6, 6.07) is 4.41. The number of aliphatic carboxylic acids is 1. The van der Waals surface area contributed by atoms with Gasteiger partial charge in [-0.3, -0.25) is 4.68 Å². The molecule has 0 amide bonds. The molecular weight excluding hydrogens is 509 g/mol. The van der Waals surface area contributed by atoms with Crippen LogP contribution in [0.4, 0.5) is 30.5 Å². The first-order chi connectivity index (χ1) is 17.4. The summed E-state index contributed by atoms with van der Waals surface area (Å²) in [5, 5.41) is 12.9. The van der Waals surface area contributed by atoms with Crippen molar-refractivity contribution >= 4 is 34.9 Å². The predicted molar refractivity (Wildman–Crippen MR) is 138 cm³/mol. The van der Waals surface area contributed by atoms with Crippen molar-refractivity contribution in [1.82, 2.24) is 19.7 Å². The van der Waals surface area contributed by atoms with E-state index in [-0.39, 0.29) is 6.04 Å². The Labute approximate surface area is 219 Å². The average molecular weight is 541 g/mol. The number of nitrogens with zero attached hydrogens (tertiary/aromatic N) is 5. The molecule has 3 aromatic rings. The third kappa shape index (κ3) is 6.20. The number of hydrogen-bond acceptors (Lipinski definition) is 5. The van der Waals surface area contributed by atoms with Gasteiger partial charge in [0.05, 0.1) is 28.8 Å². The number of carboxylic acids is 1. The number of benzene rings is 1. The van der Waals surface area contributed by atoms with Crippen LogP contribution in [0.1, 0.15) is 55.1 Å². The first-order valence-corrected chi connectivity index (χ1v) is 12.4. The second kappa shape index (κ2) is 11.5. The molecule has 1 atom stereocenters. The molecule has 0 spiro atoms. The van der Waals surface area contributed by atoms with Crippen LogP contribution in [0.2, 0.25) is 5.02 Å².